The van der Waals surface area contributed by atoms with Crippen LogP contribution < -0.4 is 10.1 Å². The number of carboxylic acids is 1. The molecule has 1 rings (SSSR count). The van der Waals surface area contributed by atoms with E-state index in [1.807, 2.05) is 0 Å². The molecule has 1 unspecified atom stereocenters. The van der Waals surface area contributed by atoms with Crippen LogP contribution in [0.25, 0.3) is 0 Å². The lowest BCUT2D eigenvalue weighted by Crippen LogP contribution is -2.42. The average molecular weight is 294 g/mol. The van der Waals surface area contributed by atoms with E-state index >= 15 is 0 Å². The summed E-state index contributed by atoms with van der Waals surface area (Å²) < 4.78 is 5.11. The number of nitro groups is 1. The van der Waals surface area contributed by atoms with Gasteiger partial charge in [-0.3, -0.25) is 14.9 Å². The summed E-state index contributed by atoms with van der Waals surface area (Å²) in [7, 11) is 0. The Balaban J connectivity index is 2.50. The van der Waals surface area contributed by atoms with Gasteiger partial charge in [-0.2, -0.15) is 0 Å². The van der Waals surface area contributed by atoms with E-state index in [0.29, 0.717) is 0 Å². The average Bonchev–Trinajstić information content (AvgIpc) is 2.45. The number of amides is 1. The molecule has 0 aliphatic heterocycles. The molecule has 8 heteroatoms. The Hall–Kier alpha value is -2.90. The van der Waals surface area contributed by atoms with E-state index in [9.17, 15) is 19.7 Å². The minimum atomic E-state index is -1.17. The molecular weight excluding hydrogens is 280 g/mol. The van der Waals surface area contributed by atoms with Crippen LogP contribution in [0.2, 0.25) is 0 Å². The third-order valence-corrected chi connectivity index (χ3v) is 2.45. The largest absolute Gasteiger partial charge is 0.484 e. The van der Waals surface area contributed by atoms with Gasteiger partial charge < -0.3 is 15.2 Å². The van der Waals surface area contributed by atoms with Crippen molar-refractivity contribution in [1.82, 2.24) is 5.32 Å². The third kappa shape index (κ3) is 5.31. The fourth-order valence-corrected chi connectivity index (χ4v) is 1.44. The number of aliphatic carboxylic acids is 1. The normalized spacial score (nSPS) is 11.2. The van der Waals surface area contributed by atoms with Crippen LogP contribution in [0.15, 0.2) is 36.9 Å². The molecule has 0 radical (unpaired) electrons. The number of carbonyl (C=O) groups is 2. The predicted molar refractivity (Wildman–Crippen MR) is 73.0 cm³/mol. The Morgan fingerprint density at radius 1 is 1.43 bits per heavy atom. The van der Waals surface area contributed by atoms with Crippen molar-refractivity contribution in [3.63, 3.8) is 0 Å². The van der Waals surface area contributed by atoms with Crippen molar-refractivity contribution in [2.45, 2.75) is 12.5 Å². The molecule has 8 nitrogen and oxygen atoms in total. The van der Waals surface area contributed by atoms with Crippen molar-refractivity contribution in [2.24, 2.45) is 0 Å². The van der Waals surface area contributed by atoms with E-state index in [4.69, 9.17) is 9.84 Å². The number of nitrogens with zero attached hydrogens (tertiary/aromatic N) is 1. The summed E-state index contributed by atoms with van der Waals surface area (Å²) in [5.74, 6) is -1.51. The first kappa shape index (κ1) is 16.2. The fraction of sp³-hybridized carbons (Fsp3) is 0.231. The third-order valence-electron chi connectivity index (χ3n) is 2.45. The van der Waals surface area contributed by atoms with E-state index in [-0.39, 0.29) is 17.9 Å². The second-order valence-corrected chi connectivity index (χ2v) is 4.02. The molecule has 21 heavy (non-hydrogen) atoms. The maximum atomic E-state index is 11.5. The maximum Gasteiger partial charge on any atom is 0.326 e. The second kappa shape index (κ2) is 7.63. The monoisotopic (exact) mass is 294 g/mol. The highest BCUT2D eigenvalue weighted by Gasteiger charge is 2.18. The highest BCUT2D eigenvalue weighted by atomic mass is 16.6. The number of ether oxygens (including phenoxy) is 1. The van der Waals surface area contributed by atoms with Gasteiger partial charge in [-0.1, -0.05) is 6.08 Å². The lowest BCUT2D eigenvalue weighted by Gasteiger charge is -2.12. The van der Waals surface area contributed by atoms with Crippen molar-refractivity contribution >= 4 is 17.6 Å². The maximum absolute atomic E-state index is 11.5. The fourth-order valence-electron chi connectivity index (χ4n) is 1.44. The highest BCUT2D eigenvalue weighted by molar-refractivity contribution is 5.84. The minimum absolute atomic E-state index is 0.0938. The Kier molecular flexibility index (Phi) is 5.87. The van der Waals surface area contributed by atoms with Crippen LogP contribution in [-0.4, -0.2) is 34.6 Å². The zero-order chi connectivity index (χ0) is 15.8. The molecule has 0 heterocycles. The SMILES string of the molecule is C=CCC(NC(=O)COc1ccc([N+](=O)[O-])cc1)C(=O)O. The van der Waals surface area contributed by atoms with Gasteiger partial charge in [0, 0.05) is 12.1 Å². The smallest absolute Gasteiger partial charge is 0.326 e. The topological polar surface area (TPSA) is 119 Å². The summed E-state index contributed by atoms with van der Waals surface area (Å²) in [5.41, 5.74) is -0.0938. The van der Waals surface area contributed by atoms with Crippen molar-refractivity contribution in [3.05, 3.63) is 47.0 Å². The molecule has 0 saturated carbocycles. The lowest BCUT2D eigenvalue weighted by atomic mass is 10.2. The van der Waals surface area contributed by atoms with E-state index in [1.54, 1.807) is 0 Å². The molecule has 0 aliphatic carbocycles. The number of benzene rings is 1. The van der Waals surface area contributed by atoms with Crippen LogP contribution in [-0.2, 0) is 9.59 Å². The molecule has 0 aliphatic rings. The molecule has 0 saturated heterocycles. The van der Waals surface area contributed by atoms with Gasteiger partial charge in [0.05, 0.1) is 4.92 Å². The van der Waals surface area contributed by atoms with Crippen LogP contribution >= 0.6 is 0 Å². The van der Waals surface area contributed by atoms with Crippen LogP contribution in [0.5, 0.6) is 5.75 Å². The second-order valence-electron chi connectivity index (χ2n) is 4.02. The summed E-state index contributed by atoms with van der Waals surface area (Å²) >= 11 is 0. The molecule has 2 N–H and O–H groups in total. The van der Waals surface area contributed by atoms with E-state index < -0.39 is 29.4 Å². The van der Waals surface area contributed by atoms with Gasteiger partial charge in [0.2, 0.25) is 0 Å². The van der Waals surface area contributed by atoms with Crippen LogP contribution in [0, 0.1) is 10.1 Å². The van der Waals surface area contributed by atoms with Gasteiger partial charge in [-0.05, 0) is 18.6 Å². The lowest BCUT2D eigenvalue weighted by molar-refractivity contribution is -0.384. The number of nitro benzene ring substituents is 1. The minimum Gasteiger partial charge on any atom is -0.484 e. The molecule has 0 spiro atoms. The van der Waals surface area contributed by atoms with Crippen LogP contribution in [0.4, 0.5) is 5.69 Å². The summed E-state index contributed by atoms with van der Waals surface area (Å²) in [5, 5.41) is 21.6. The number of carbonyl (C=O) groups excluding carboxylic acids is 1. The summed E-state index contributed by atoms with van der Waals surface area (Å²) in [4.78, 5) is 32.3. The number of non-ortho nitro benzene ring substituents is 1. The Morgan fingerprint density at radius 2 is 2.05 bits per heavy atom. The van der Waals surface area contributed by atoms with Crippen LogP contribution in [0.3, 0.4) is 0 Å². The van der Waals surface area contributed by atoms with E-state index in [1.165, 1.54) is 30.3 Å². The number of nitrogens with one attached hydrogen (secondary N) is 1. The summed E-state index contributed by atoms with van der Waals surface area (Å²) in [6.45, 7) is 3.02. The summed E-state index contributed by atoms with van der Waals surface area (Å²) in [6, 6.07) is 4.12. The van der Waals surface area contributed by atoms with Crippen molar-refractivity contribution < 1.29 is 24.4 Å². The molecule has 0 bridgehead atoms. The standard InChI is InChI=1S/C13H14N2O6/c1-2-3-11(13(17)18)14-12(16)8-21-10-6-4-9(5-7-10)15(19)20/h2,4-7,11H,1,3,8H2,(H,14,16)(H,17,18). The molecular formula is C13H14N2O6. The number of carboxylic acid groups (broad SMARTS) is 1. The first-order chi connectivity index (χ1) is 9.93. The van der Waals surface area contributed by atoms with Gasteiger partial charge in [-0.15, -0.1) is 6.58 Å². The van der Waals surface area contributed by atoms with Gasteiger partial charge in [0.1, 0.15) is 11.8 Å². The molecule has 1 aromatic carbocycles. The molecule has 1 aromatic rings. The number of hydrogen-bond donors (Lipinski definition) is 2. The highest BCUT2D eigenvalue weighted by Crippen LogP contribution is 2.17. The molecule has 0 aromatic heterocycles. The summed E-state index contributed by atoms with van der Waals surface area (Å²) in [6.07, 6.45) is 1.48. The van der Waals surface area contributed by atoms with E-state index in [0.717, 1.165) is 0 Å². The number of hydrogen-bond acceptors (Lipinski definition) is 5. The first-order valence-electron chi connectivity index (χ1n) is 5.94. The number of rotatable bonds is 8. The van der Waals surface area contributed by atoms with Gasteiger partial charge in [-0.25, -0.2) is 4.79 Å². The zero-order valence-corrected chi connectivity index (χ0v) is 11.0. The molecule has 0 fully saturated rings. The first-order valence-corrected chi connectivity index (χ1v) is 5.94. The van der Waals surface area contributed by atoms with Gasteiger partial charge >= 0.3 is 5.97 Å². The van der Waals surface area contributed by atoms with Crippen molar-refractivity contribution in [3.8, 4) is 5.75 Å². The van der Waals surface area contributed by atoms with Gasteiger partial charge in [0.15, 0.2) is 6.61 Å². The van der Waals surface area contributed by atoms with Crippen molar-refractivity contribution in [1.29, 1.82) is 0 Å². The Bertz CT molecular complexity index is 540. The quantitative estimate of drug-likeness (QED) is 0.421. The molecule has 1 amide bonds. The van der Waals surface area contributed by atoms with Crippen molar-refractivity contribution in [2.75, 3.05) is 6.61 Å². The van der Waals surface area contributed by atoms with Gasteiger partial charge in [0.25, 0.3) is 11.6 Å². The zero-order valence-electron chi connectivity index (χ0n) is 11.0. The predicted octanol–water partition coefficient (Wildman–Crippen LogP) is 1.12. The van der Waals surface area contributed by atoms with E-state index in [2.05, 4.69) is 11.9 Å². The Morgan fingerprint density at radius 3 is 2.52 bits per heavy atom. The van der Waals surface area contributed by atoms with Crippen LogP contribution in [0.1, 0.15) is 6.42 Å². The molecule has 1 atom stereocenters. The Labute approximate surface area is 120 Å². The molecule has 112 valence electrons.